The van der Waals surface area contributed by atoms with E-state index in [1.54, 1.807) is 18.3 Å². The van der Waals surface area contributed by atoms with Crippen molar-refractivity contribution in [3.8, 4) is 0 Å². The Morgan fingerprint density at radius 1 is 1.54 bits per heavy atom. The lowest BCUT2D eigenvalue weighted by atomic mass is 9.89. The van der Waals surface area contributed by atoms with Crippen molar-refractivity contribution in [3.63, 3.8) is 0 Å². The summed E-state index contributed by atoms with van der Waals surface area (Å²) in [6.45, 7) is 6.38. The first-order valence-corrected chi connectivity index (χ1v) is 10.2. The van der Waals surface area contributed by atoms with Crippen LogP contribution in [0, 0.1) is 5.92 Å². The predicted octanol–water partition coefficient (Wildman–Crippen LogP) is 3.47. The molecule has 0 saturated heterocycles. The average molecular weight is 367 g/mol. The van der Waals surface area contributed by atoms with Gasteiger partial charge >= 0.3 is 5.97 Å². The average Bonchev–Trinajstić information content (AvgIpc) is 2.90. The first kappa shape index (κ1) is 17.5. The summed E-state index contributed by atoms with van der Waals surface area (Å²) in [6, 6.07) is 0. The zero-order valence-electron chi connectivity index (χ0n) is 14.2. The highest BCUT2D eigenvalue weighted by atomic mass is 32.2. The van der Waals surface area contributed by atoms with Gasteiger partial charge in [-0.2, -0.15) is 0 Å². The summed E-state index contributed by atoms with van der Waals surface area (Å²) in [4.78, 5) is 33.8. The lowest BCUT2D eigenvalue weighted by Crippen LogP contribution is -2.16. The van der Waals surface area contributed by atoms with Crippen molar-refractivity contribution < 1.29 is 9.53 Å². The fourth-order valence-corrected chi connectivity index (χ4v) is 5.16. The van der Waals surface area contributed by atoms with Crippen LogP contribution < -0.4 is 5.56 Å². The van der Waals surface area contributed by atoms with Gasteiger partial charge in [0.15, 0.2) is 0 Å². The van der Waals surface area contributed by atoms with Crippen LogP contribution in [0.2, 0.25) is 0 Å². The maximum atomic E-state index is 12.6. The Bertz CT molecular complexity index is 812. The predicted molar refractivity (Wildman–Crippen MR) is 98.9 cm³/mol. The number of fused-ring (bicyclic) bond motifs is 3. The van der Waals surface area contributed by atoms with E-state index >= 15 is 0 Å². The van der Waals surface area contributed by atoms with E-state index in [4.69, 9.17) is 4.74 Å². The monoisotopic (exact) mass is 366 g/mol. The van der Waals surface area contributed by atoms with Crippen LogP contribution in [-0.4, -0.2) is 28.3 Å². The number of carbonyl (C=O) groups is 1. The van der Waals surface area contributed by atoms with E-state index in [-0.39, 0.29) is 22.5 Å². The number of aromatic nitrogens is 2. The van der Waals surface area contributed by atoms with Crippen LogP contribution in [0.5, 0.6) is 0 Å². The molecule has 0 radical (unpaired) electrons. The molecule has 1 N–H and O–H groups in total. The van der Waals surface area contributed by atoms with E-state index in [2.05, 4.69) is 16.9 Å². The van der Waals surface area contributed by atoms with Gasteiger partial charge in [-0.3, -0.25) is 9.59 Å². The number of H-pyrrole nitrogens is 1. The Morgan fingerprint density at radius 2 is 2.33 bits per heavy atom. The third-order valence-electron chi connectivity index (χ3n) is 4.33. The van der Waals surface area contributed by atoms with E-state index in [9.17, 15) is 9.59 Å². The summed E-state index contributed by atoms with van der Waals surface area (Å²) in [7, 11) is 0. The highest BCUT2D eigenvalue weighted by Crippen LogP contribution is 2.36. The van der Waals surface area contributed by atoms with E-state index in [1.807, 2.05) is 6.92 Å². The molecular formula is C17H22N2O3S2. The summed E-state index contributed by atoms with van der Waals surface area (Å²) in [5.74, 6) is 1.32. The molecule has 0 spiro atoms. The molecule has 1 aliphatic rings. The number of aromatic amines is 1. The van der Waals surface area contributed by atoms with Crippen LogP contribution in [0.1, 0.15) is 48.7 Å². The van der Waals surface area contributed by atoms with Crippen LogP contribution in [0.25, 0.3) is 10.2 Å². The van der Waals surface area contributed by atoms with Crippen LogP contribution in [0.4, 0.5) is 0 Å². The minimum Gasteiger partial charge on any atom is -0.465 e. The molecular weight excluding hydrogens is 344 g/mol. The van der Waals surface area contributed by atoms with Gasteiger partial charge < -0.3 is 9.72 Å². The number of carbonyl (C=O) groups excluding carboxylic acids is 1. The molecule has 0 saturated carbocycles. The van der Waals surface area contributed by atoms with Crippen LogP contribution >= 0.6 is 23.1 Å². The van der Waals surface area contributed by atoms with Gasteiger partial charge in [0.1, 0.15) is 10.7 Å². The molecule has 2 heterocycles. The molecule has 0 amide bonds. The fourth-order valence-electron chi connectivity index (χ4n) is 3.03. The van der Waals surface area contributed by atoms with E-state index < -0.39 is 0 Å². The van der Waals surface area contributed by atoms with Crippen LogP contribution in [0.15, 0.2) is 4.79 Å². The minimum atomic E-state index is -0.238. The highest BCUT2D eigenvalue weighted by molar-refractivity contribution is 8.00. The molecule has 0 aromatic carbocycles. The largest absolute Gasteiger partial charge is 0.465 e. The Labute approximate surface area is 149 Å². The zero-order valence-corrected chi connectivity index (χ0v) is 15.8. The Balaban J connectivity index is 1.85. The SMILES string of the molecule is CCOC(=O)CS[C@@H](C)c1nc2sc3c(c2c(=O)[nH]1)CC[C@@H](C)C3. The molecule has 2 aromatic heterocycles. The second-order valence-electron chi connectivity index (χ2n) is 6.24. The summed E-state index contributed by atoms with van der Waals surface area (Å²) >= 11 is 3.08. The number of rotatable bonds is 5. The second-order valence-corrected chi connectivity index (χ2v) is 8.65. The van der Waals surface area contributed by atoms with Gasteiger partial charge in [-0.05, 0) is 44.6 Å². The van der Waals surface area contributed by atoms with Crippen LogP contribution in [-0.2, 0) is 22.4 Å². The third kappa shape index (κ3) is 3.52. The lowest BCUT2D eigenvalue weighted by Gasteiger charge is -2.17. The van der Waals surface area contributed by atoms with Gasteiger partial charge in [0.2, 0.25) is 0 Å². The van der Waals surface area contributed by atoms with Crippen molar-refractivity contribution in [2.24, 2.45) is 5.92 Å². The van der Waals surface area contributed by atoms with E-state index in [1.165, 1.54) is 22.2 Å². The number of hydrogen-bond acceptors (Lipinski definition) is 6. The number of nitrogens with zero attached hydrogens (tertiary/aromatic N) is 1. The van der Waals surface area contributed by atoms with Crippen molar-refractivity contribution in [3.05, 3.63) is 26.6 Å². The molecule has 2 atom stereocenters. The third-order valence-corrected chi connectivity index (χ3v) is 6.60. The van der Waals surface area contributed by atoms with Gasteiger partial charge in [0.05, 0.1) is 23.0 Å². The molecule has 5 nitrogen and oxygen atoms in total. The molecule has 0 aliphatic heterocycles. The molecule has 24 heavy (non-hydrogen) atoms. The molecule has 3 rings (SSSR count). The normalized spacial score (nSPS) is 18.4. The Kier molecular flexibility index (Phi) is 5.30. The Hall–Kier alpha value is -1.34. The van der Waals surface area contributed by atoms with Gasteiger partial charge in [-0.25, -0.2) is 4.98 Å². The number of hydrogen-bond donors (Lipinski definition) is 1. The molecule has 7 heteroatoms. The fraction of sp³-hybridized carbons (Fsp3) is 0.588. The van der Waals surface area contributed by atoms with Gasteiger partial charge in [0, 0.05) is 4.88 Å². The van der Waals surface area contributed by atoms with Crippen molar-refractivity contribution >= 4 is 39.3 Å². The van der Waals surface area contributed by atoms with Gasteiger partial charge in [-0.1, -0.05) is 6.92 Å². The van der Waals surface area contributed by atoms with Crippen LogP contribution in [0.3, 0.4) is 0 Å². The maximum absolute atomic E-state index is 12.6. The van der Waals surface area contributed by atoms with Crippen molar-refractivity contribution in [1.29, 1.82) is 0 Å². The molecule has 2 aromatic rings. The number of nitrogens with one attached hydrogen (secondary N) is 1. The Morgan fingerprint density at radius 3 is 3.08 bits per heavy atom. The first-order valence-electron chi connectivity index (χ1n) is 8.31. The summed E-state index contributed by atoms with van der Waals surface area (Å²) in [5, 5.41) is 0.706. The quantitative estimate of drug-likeness (QED) is 0.821. The number of aryl methyl sites for hydroxylation is 1. The summed E-state index contributed by atoms with van der Waals surface area (Å²) in [6.07, 6.45) is 3.14. The standard InChI is InChI=1S/C17H22N2O3S2/c1-4-22-13(20)8-23-10(3)15-18-16(21)14-11-6-5-9(2)7-12(11)24-17(14)19-15/h9-10H,4-8H2,1-3H3,(H,18,19,21)/t9-,10+/m1/s1. The molecule has 0 unspecified atom stereocenters. The van der Waals surface area contributed by atoms with Gasteiger partial charge in [0.25, 0.3) is 5.56 Å². The molecule has 1 aliphatic carbocycles. The number of thiophene rings is 1. The minimum absolute atomic E-state index is 0.0503. The van der Waals surface area contributed by atoms with Crippen molar-refractivity contribution in [2.75, 3.05) is 12.4 Å². The number of thioether (sulfide) groups is 1. The smallest absolute Gasteiger partial charge is 0.315 e. The number of esters is 1. The zero-order chi connectivity index (χ0) is 17.3. The topological polar surface area (TPSA) is 72.0 Å². The maximum Gasteiger partial charge on any atom is 0.315 e. The van der Waals surface area contributed by atoms with Crippen molar-refractivity contribution in [2.45, 2.75) is 45.3 Å². The second kappa shape index (κ2) is 7.27. The first-order chi connectivity index (χ1) is 11.5. The van der Waals surface area contributed by atoms with E-state index in [0.717, 1.165) is 29.5 Å². The number of ether oxygens (including phenoxy) is 1. The highest BCUT2D eigenvalue weighted by Gasteiger charge is 2.24. The summed E-state index contributed by atoms with van der Waals surface area (Å²) < 4.78 is 4.94. The lowest BCUT2D eigenvalue weighted by molar-refractivity contribution is -0.139. The molecule has 0 bridgehead atoms. The molecule has 0 fully saturated rings. The van der Waals surface area contributed by atoms with E-state index in [0.29, 0.717) is 18.3 Å². The van der Waals surface area contributed by atoms with Gasteiger partial charge in [-0.15, -0.1) is 23.1 Å². The van der Waals surface area contributed by atoms with Crippen molar-refractivity contribution in [1.82, 2.24) is 9.97 Å². The summed E-state index contributed by atoms with van der Waals surface area (Å²) in [5.41, 5.74) is 1.14. The molecule has 130 valence electrons.